The van der Waals surface area contributed by atoms with Crippen molar-refractivity contribution in [3.05, 3.63) is 0 Å². The first kappa shape index (κ1) is 15.1. The molecule has 0 rings (SSSR count). The quantitative estimate of drug-likeness (QED) is 0.569. The van der Waals surface area contributed by atoms with Crippen molar-refractivity contribution < 1.29 is 18.3 Å². The maximum absolute atomic E-state index is 11.2. The molecule has 1 unspecified atom stereocenters. The molecule has 0 aliphatic rings. The summed E-state index contributed by atoms with van der Waals surface area (Å²) in [5.74, 6) is 0.351. The van der Waals surface area contributed by atoms with Crippen LogP contribution in [0.1, 0.15) is 12.8 Å². The third-order valence-corrected chi connectivity index (χ3v) is 3.44. The van der Waals surface area contributed by atoms with E-state index in [9.17, 15) is 13.5 Å². The van der Waals surface area contributed by atoms with Crippen LogP contribution in [-0.2, 0) is 14.8 Å². The van der Waals surface area contributed by atoms with Crippen LogP contribution in [0.3, 0.4) is 0 Å². The summed E-state index contributed by atoms with van der Waals surface area (Å²) in [5, 5.41) is 9.24. The molecule has 15 heavy (non-hydrogen) atoms. The number of ether oxygens (including phenoxy) is 1. The number of rotatable bonds is 9. The van der Waals surface area contributed by atoms with Crippen molar-refractivity contribution in [1.29, 1.82) is 0 Å². The van der Waals surface area contributed by atoms with Gasteiger partial charge in [0.05, 0.1) is 18.5 Å². The third kappa shape index (κ3) is 9.07. The van der Waals surface area contributed by atoms with Gasteiger partial charge in [0.1, 0.15) is 0 Å². The van der Waals surface area contributed by atoms with Crippen molar-refractivity contribution >= 4 is 21.6 Å². The molecule has 0 amide bonds. The predicted octanol–water partition coefficient (Wildman–Crippen LogP) is -0.0679. The second kappa shape index (κ2) is 8.29. The molecule has 0 aromatic heterocycles. The van der Waals surface area contributed by atoms with Gasteiger partial charge in [-0.15, -0.1) is 11.6 Å². The van der Waals surface area contributed by atoms with Gasteiger partial charge in [0, 0.05) is 19.5 Å². The van der Waals surface area contributed by atoms with E-state index in [0.717, 1.165) is 0 Å². The zero-order valence-electron chi connectivity index (χ0n) is 8.78. The minimum Gasteiger partial charge on any atom is -0.391 e. The SMILES string of the molecule is COCC(O)CCNS(=O)(=O)CCCCl. The van der Waals surface area contributed by atoms with Crippen LogP contribution in [0.5, 0.6) is 0 Å². The molecule has 1 atom stereocenters. The molecule has 0 spiro atoms. The number of sulfonamides is 1. The Morgan fingerprint density at radius 1 is 1.53 bits per heavy atom. The van der Waals surface area contributed by atoms with E-state index in [0.29, 0.717) is 18.7 Å². The average Bonchev–Trinajstić information content (AvgIpc) is 2.15. The zero-order valence-corrected chi connectivity index (χ0v) is 10.4. The van der Waals surface area contributed by atoms with Crippen LogP contribution < -0.4 is 4.72 Å². The average molecular weight is 260 g/mol. The molecule has 0 saturated carbocycles. The molecule has 0 saturated heterocycles. The van der Waals surface area contributed by atoms with Gasteiger partial charge in [0.25, 0.3) is 0 Å². The lowest BCUT2D eigenvalue weighted by atomic mass is 10.3. The van der Waals surface area contributed by atoms with E-state index < -0.39 is 16.1 Å². The van der Waals surface area contributed by atoms with Crippen LogP contribution in [0.2, 0.25) is 0 Å². The lowest BCUT2D eigenvalue weighted by Gasteiger charge is -2.10. The van der Waals surface area contributed by atoms with E-state index >= 15 is 0 Å². The lowest BCUT2D eigenvalue weighted by Crippen LogP contribution is -2.30. The standard InChI is InChI=1S/C8H18ClNO4S/c1-14-7-8(11)3-5-10-15(12,13)6-2-4-9/h8,10-11H,2-7H2,1H3. The Kier molecular flexibility index (Phi) is 8.36. The Hall–Kier alpha value is 0.120. The fourth-order valence-electron chi connectivity index (χ4n) is 0.974. The second-order valence-electron chi connectivity index (χ2n) is 3.15. The first-order chi connectivity index (χ1) is 7.02. The van der Waals surface area contributed by atoms with E-state index in [1.165, 1.54) is 7.11 Å². The Labute approximate surface area is 95.8 Å². The summed E-state index contributed by atoms with van der Waals surface area (Å²) in [5.41, 5.74) is 0. The highest BCUT2D eigenvalue weighted by Crippen LogP contribution is 1.95. The number of halogens is 1. The first-order valence-corrected chi connectivity index (χ1v) is 6.91. The molecule has 0 aromatic rings. The third-order valence-electron chi connectivity index (χ3n) is 1.71. The van der Waals surface area contributed by atoms with Crippen molar-refractivity contribution in [2.75, 3.05) is 31.9 Å². The van der Waals surface area contributed by atoms with E-state index in [2.05, 4.69) is 4.72 Å². The molecule has 92 valence electrons. The maximum atomic E-state index is 11.2. The summed E-state index contributed by atoms with van der Waals surface area (Å²) >= 11 is 5.38. The highest BCUT2D eigenvalue weighted by atomic mass is 35.5. The number of alkyl halides is 1. The van der Waals surface area contributed by atoms with Crippen LogP contribution in [0.15, 0.2) is 0 Å². The van der Waals surface area contributed by atoms with Gasteiger partial charge in [-0.1, -0.05) is 0 Å². The largest absolute Gasteiger partial charge is 0.391 e. The Balaban J connectivity index is 3.65. The van der Waals surface area contributed by atoms with E-state index in [4.69, 9.17) is 16.3 Å². The minimum absolute atomic E-state index is 0.0247. The molecular weight excluding hydrogens is 242 g/mol. The van der Waals surface area contributed by atoms with Gasteiger partial charge in [-0.3, -0.25) is 0 Å². The maximum Gasteiger partial charge on any atom is 0.211 e. The number of nitrogens with one attached hydrogen (secondary N) is 1. The second-order valence-corrected chi connectivity index (χ2v) is 5.46. The summed E-state index contributed by atoms with van der Waals surface area (Å²) in [7, 11) is -1.76. The van der Waals surface area contributed by atoms with Crippen LogP contribution in [0.25, 0.3) is 0 Å². The monoisotopic (exact) mass is 259 g/mol. The van der Waals surface area contributed by atoms with Gasteiger partial charge >= 0.3 is 0 Å². The van der Waals surface area contributed by atoms with E-state index in [-0.39, 0.29) is 18.9 Å². The van der Waals surface area contributed by atoms with Gasteiger partial charge in [0.15, 0.2) is 0 Å². The van der Waals surface area contributed by atoms with Gasteiger partial charge in [-0.25, -0.2) is 13.1 Å². The fraction of sp³-hybridized carbons (Fsp3) is 1.00. The molecule has 0 aliphatic heterocycles. The molecule has 5 nitrogen and oxygen atoms in total. The molecule has 2 N–H and O–H groups in total. The Morgan fingerprint density at radius 2 is 2.20 bits per heavy atom. The summed E-state index contributed by atoms with van der Waals surface area (Å²) in [6.07, 6.45) is 0.136. The smallest absolute Gasteiger partial charge is 0.211 e. The molecule has 0 heterocycles. The zero-order chi connectivity index (χ0) is 11.7. The fourth-order valence-corrected chi connectivity index (χ4v) is 2.36. The van der Waals surface area contributed by atoms with E-state index in [1.807, 2.05) is 0 Å². The number of aliphatic hydroxyl groups is 1. The van der Waals surface area contributed by atoms with Crippen molar-refractivity contribution in [1.82, 2.24) is 4.72 Å². The van der Waals surface area contributed by atoms with Crippen molar-refractivity contribution in [2.24, 2.45) is 0 Å². The van der Waals surface area contributed by atoms with Crippen LogP contribution >= 0.6 is 11.6 Å². The Morgan fingerprint density at radius 3 is 2.73 bits per heavy atom. The molecule has 0 aromatic carbocycles. The highest BCUT2D eigenvalue weighted by molar-refractivity contribution is 7.89. The molecule has 0 fully saturated rings. The summed E-state index contributed by atoms with van der Waals surface area (Å²) in [6.45, 7) is 0.429. The van der Waals surface area contributed by atoms with Gasteiger partial charge in [-0.2, -0.15) is 0 Å². The summed E-state index contributed by atoms with van der Waals surface area (Å²) < 4.78 is 29.6. The van der Waals surface area contributed by atoms with Crippen LogP contribution in [0.4, 0.5) is 0 Å². The number of hydrogen-bond donors (Lipinski definition) is 2. The number of aliphatic hydroxyl groups excluding tert-OH is 1. The summed E-state index contributed by atoms with van der Waals surface area (Å²) in [6, 6.07) is 0. The topological polar surface area (TPSA) is 75.6 Å². The Bertz CT molecular complexity index is 245. The van der Waals surface area contributed by atoms with Crippen LogP contribution in [-0.4, -0.2) is 51.5 Å². The van der Waals surface area contributed by atoms with E-state index in [1.54, 1.807) is 0 Å². The van der Waals surface area contributed by atoms with Gasteiger partial charge < -0.3 is 9.84 Å². The highest BCUT2D eigenvalue weighted by Gasteiger charge is 2.10. The predicted molar refractivity (Wildman–Crippen MR) is 59.6 cm³/mol. The first-order valence-electron chi connectivity index (χ1n) is 4.72. The number of methoxy groups -OCH3 is 1. The molecular formula is C8H18ClNO4S. The lowest BCUT2D eigenvalue weighted by molar-refractivity contribution is 0.0603. The number of hydrogen-bond acceptors (Lipinski definition) is 4. The van der Waals surface area contributed by atoms with Gasteiger partial charge in [-0.05, 0) is 12.8 Å². The molecule has 0 bridgehead atoms. The minimum atomic E-state index is -3.24. The molecule has 0 radical (unpaired) electrons. The van der Waals surface area contributed by atoms with Gasteiger partial charge in [0.2, 0.25) is 10.0 Å². The normalized spacial score (nSPS) is 14.1. The molecule has 0 aliphatic carbocycles. The molecule has 7 heteroatoms. The van der Waals surface area contributed by atoms with Crippen molar-refractivity contribution in [2.45, 2.75) is 18.9 Å². The van der Waals surface area contributed by atoms with Crippen LogP contribution in [0, 0.1) is 0 Å². The van der Waals surface area contributed by atoms with Crippen molar-refractivity contribution in [3.63, 3.8) is 0 Å². The summed E-state index contributed by atoms with van der Waals surface area (Å²) in [4.78, 5) is 0. The van der Waals surface area contributed by atoms with Crippen molar-refractivity contribution in [3.8, 4) is 0 Å².